The summed E-state index contributed by atoms with van der Waals surface area (Å²) in [4.78, 5) is 21.0. The molecule has 2 fully saturated rings. The third kappa shape index (κ3) is 4.93. The van der Waals surface area contributed by atoms with Crippen LogP contribution < -0.4 is 10.2 Å². The summed E-state index contributed by atoms with van der Waals surface area (Å²) in [7, 11) is 4.44. The maximum Gasteiger partial charge on any atom is 0.225 e. The molecule has 1 N–H and O–H groups in total. The summed E-state index contributed by atoms with van der Waals surface area (Å²) in [6.45, 7) is 10.0. The molecule has 3 rings (SSSR count). The first kappa shape index (κ1) is 20.8. The highest BCUT2D eigenvalue weighted by Crippen LogP contribution is 2.36. The highest BCUT2D eigenvalue weighted by atomic mass is 15.4. The Labute approximate surface area is 170 Å². The molecule has 0 amide bonds. The fourth-order valence-corrected chi connectivity index (χ4v) is 4.54. The van der Waals surface area contributed by atoms with Gasteiger partial charge in [-0.2, -0.15) is 0 Å². The van der Waals surface area contributed by atoms with Crippen molar-refractivity contribution in [3.8, 4) is 0 Å². The van der Waals surface area contributed by atoms with E-state index in [1.165, 1.54) is 25.7 Å². The van der Waals surface area contributed by atoms with Crippen molar-refractivity contribution in [1.82, 2.24) is 25.1 Å². The SMILES string of the molecule is CCNC(=NCC1(N(C)C)CCCC(C)C1)N1CCN(c2ncccn2)CC1. The molecule has 0 aromatic carbocycles. The highest BCUT2D eigenvalue weighted by molar-refractivity contribution is 5.80. The van der Waals surface area contributed by atoms with Gasteiger partial charge in [0.25, 0.3) is 0 Å². The van der Waals surface area contributed by atoms with Crippen LogP contribution in [0.1, 0.15) is 39.5 Å². The van der Waals surface area contributed by atoms with Crippen LogP contribution in [0.15, 0.2) is 23.5 Å². The topological polar surface area (TPSA) is 59.9 Å². The van der Waals surface area contributed by atoms with E-state index in [4.69, 9.17) is 4.99 Å². The molecular weight excluding hydrogens is 350 g/mol. The lowest BCUT2D eigenvalue weighted by molar-refractivity contribution is 0.0842. The number of rotatable bonds is 5. The maximum atomic E-state index is 5.13. The molecule has 0 radical (unpaired) electrons. The minimum absolute atomic E-state index is 0.192. The predicted molar refractivity (Wildman–Crippen MR) is 116 cm³/mol. The first-order valence-electron chi connectivity index (χ1n) is 10.8. The molecule has 2 unspecified atom stereocenters. The van der Waals surface area contributed by atoms with Crippen LogP contribution in [0, 0.1) is 5.92 Å². The summed E-state index contributed by atoms with van der Waals surface area (Å²) in [5.74, 6) is 2.66. The lowest BCUT2D eigenvalue weighted by atomic mass is 9.75. The largest absolute Gasteiger partial charge is 0.357 e. The molecule has 0 bridgehead atoms. The van der Waals surface area contributed by atoms with Gasteiger partial charge in [-0.3, -0.25) is 4.99 Å². The Bertz CT molecular complexity index is 625. The van der Waals surface area contributed by atoms with Crippen molar-refractivity contribution < 1.29 is 0 Å². The Balaban J connectivity index is 1.66. The van der Waals surface area contributed by atoms with Gasteiger partial charge in [0.05, 0.1) is 6.54 Å². The molecule has 1 saturated heterocycles. The fourth-order valence-electron chi connectivity index (χ4n) is 4.54. The number of aliphatic imine (C=N–C) groups is 1. The summed E-state index contributed by atoms with van der Waals surface area (Å²) in [5, 5.41) is 3.52. The Morgan fingerprint density at radius 1 is 1.25 bits per heavy atom. The van der Waals surface area contributed by atoms with E-state index in [1.54, 1.807) is 0 Å². The molecule has 2 heterocycles. The molecular formula is C21H37N7. The van der Waals surface area contributed by atoms with Gasteiger partial charge in [-0.15, -0.1) is 0 Å². The number of aromatic nitrogens is 2. The summed E-state index contributed by atoms with van der Waals surface area (Å²) in [6, 6.07) is 1.86. The molecule has 0 spiro atoms. The van der Waals surface area contributed by atoms with Gasteiger partial charge < -0.3 is 20.0 Å². The zero-order chi connectivity index (χ0) is 20.0. The summed E-state index contributed by atoms with van der Waals surface area (Å²) in [5.41, 5.74) is 0.192. The molecule has 7 heteroatoms. The molecule has 7 nitrogen and oxygen atoms in total. The third-order valence-electron chi connectivity index (χ3n) is 6.29. The standard InChI is InChI=1S/C21H37N7/c1-5-22-19(25-17-21(26(3)4)9-6-8-18(2)16-21)27-12-14-28(15-13-27)20-23-10-7-11-24-20/h7,10-11,18H,5-6,8-9,12-17H2,1-4H3,(H,22,25). The minimum atomic E-state index is 0.192. The summed E-state index contributed by atoms with van der Waals surface area (Å²) >= 11 is 0. The lowest BCUT2D eigenvalue weighted by Gasteiger charge is -2.44. The smallest absolute Gasteiger partial charge is 0.225 e. The van der Waals surface area contributed by atoms with Gasteiger partial charge in [0.15, 0.2) is 5.96 Å². The van der Waals surface area contributed by atoms with Crippen molar-refractivity contribution >= 4 is 11.9 Å². The summed E-state index contributed by atoms with van der Waals surface area (Å²) in [6.07, 6.45) is 8.76. The molecule has 1 aromatic rings. The van der Waals surface area contributed by atoms with Crippen LogP contribution in [0.5, 0.6) is 0 Å². The molecule has 2 atom stereocenters. The van der Waals surface area contributed by atoms with Gasteiger partial charge in [-0.1, -0.05) is 19.8 Å². The highest BCUT2D eigenvalue weighted by Gasteiger charge is 2.37. The van der Waals surface area contributed by atoms with E-state index in [0.29, 0.717) is 0 Å². The fraction of sp³-hybridized carbons (Fsp3) is 0.762. The number of hydrogen-bond acceptors (Lipinski definition) is 5. The number of hydrogen-bond donors (Lipinski definition) is 1. The average Bonchev–Trinajstić information content (AvgIpc) is 2.72. The second-order valence-corrected chi connectivity index (χ2v) is 8.51. The first-order chi connectivity index (χ1) is 13.5. The lowest BCUT2D eigenvalue weighted by Crippen LogP contribution is -2.54. The number of nitrogens with zero attached hydrogens (tertiary/aromatic N) is 6. The van der Waals surface area contributed by atoms with Gasteiger partial charge >= 0.3 is 0 Å². The van der Waals surface area contributed by atoms with Crippen LogP contribution in [-0.4, -0.2) is 84.6 Å². The first-order valence-corrected chi connectivity index (χ1v) is 10.8. The number of piperazine rings is 1. The van der Waals surface area contributed by atoms with E-state index in [9.17, 15) is 0 Å². The van der Waals surface area contributed by atoms with E-state index in [2.05, 4.69) is 57.9 Å². The molecule has 156 valence electrons. The zero-order valence-electron chi connectivity index (χ0n) is 18.1. The number of guanidine groups is 1. The van der Waals surface area contributed by atoms with Crippen LogP contribution in [0.25, 0.3) is 0 Å². The number of likely N-dealkylation sites (N-methyl/N-ethyl adjacent to an activating group) is 1. The molecule has 28 heavy (non-hydrogen) atoms. The second-order valence-electron chi connectivity index (χ2n) is 8.51. The monoisotopic (exact) mass is 387 g/mol. The Morgan fingerprint density at radius 2 is 1.96 bits per heavy atom. The normalized spacial score (nSPS) is 26.6. The minimum Gasteiger partial charge on any atom is -0.357 e. The van der Waals surface area contributed by atoms with Crippen LogP contribution in [0.4, 0.5) is 5.95 Å². The van der Waals surface area contributed by atoms with Crippen LogP contribution in [0.3, 0.4) is 0 Å². The Kier molecular flexibility index (Phi) is 7.10. The van der Waals surface area contributed by atoms with E-state index in [-0.39, 0.29) is 5.54 Å². The summed E-state index contributed by atoms with van der Waals surface area (Å²) < 4.78 is 0. The second kappa shape index (κ2) is 9.54. The van der Waals surface area contributed by atoms with Crippen LogP contribution in [-0.2, 0) is 0 Å². The Morgan fingerprint density at radius 3 is 2.57 bits per heavy atom. The van der Waals surface area contributed by atoms with Crippen molar-refractivity contribution in [2.24, 2.45) is 10.9 Å². The van der Waals surface area contributed by atoms with Crippen LogP contribution >= 0.6 is 0 Å². The van der Waals surface area contributed by atoms with Crippen LogP contribution in [0.2, 0.25) is 0 Å². The number of nitrogens with one attached hydrogen (secondary N) is 1. The Hall–Kier alpha value is -1.89. The van der Waals surface area contributed by atoms with Crippen molar-refractivity contribution in [3.63, 3.8) is 0 Å². The molecule has 1 aliphatic carbocycles. The third-order valence-corrected chi connectivity index (χ3v) is 6.29. The van der Waals surface area contributed by atoms with Gasteiger partial charge in [0.2, 0.25) is 5.95 Å². The van der Waals surface area contributed by atoms with Gasteiger partial charge in [-0.05, 0) is 45.8 Å². The van der Waals surface area contributed by atoms with Gasteiger partial charge in [0.1, 0.15) is 0 Å². The molecule has 2 aliphatic rings. The quantitative estimate of drug-likeness (QED) is 0.617. The van der Waals surface area contributed by atoms with E-state index < -0.39 is 0 Å². The van der Waals surface area contributed by atoms with E-state index >= 15 is 0 Å². The maximum absolute atomic E-state index is 5.13. The van der Waals surface area contributed by atoms with Crippen molar-refractivity contribution in [2.75, 3.05) is 58.3 Å². The molecule has 1 saturated carbocycles. The van der Waals surface area contributed by atoms with Crippen molar-refractivity contribution in [1.29, 1.82) is 0 Å². The number of anilines is 1. The zero-order valence-corrected chi connectivity index (χ0v) is 18.1. The average molecular weight is 388 g/mol. The molecule has 1 aromatic heterocycles. The van der Waals surface area contributed by atoms with E-state index in [0.717, 1.165) is 57.1 Å². The van der Waals surface area contributed by atoms with E-state index in [1.807, 2.05) is 18.5 Å². The molecule has 1 aliphatic heterocycles. The van der Waals surface area contributed by atoms with Crippen molar-refractivity contribution in [2.45, 2.75) is 45.1 Å². The predicted octanol–water partition coefficient (Wildman–Crippen LogP) is 2.07. The van der Waals surface area contributed by atoms with Gasteiger partial charge in [0, 0.05) is 50.7 Å². The van der Waals surface area contributed by atoms with Crippen molar-refractivity contribution in [3.05, 3.63) is 18.5 Å². The van der Waals surface area contributed by atoms with Gasteiger partial charge in [-0.25, -0.2) is 9.97 Å².